The van der Waals surface area contributed by atoms with Crippen LogP contribution < -0.4 is 42.4 Å². The van der Waals surface area contributed by atoms with Crippen molar-refractivity contribution in [2.45, 2.75) is 79.7 Å². The summed E-state index contributed by atoms with van der Waals surface area (Å²) in [5.74, 6) is 0. The Kier molecular flexibility index (Phi) is 14.8. The Bertz CT molecular complexity index is 951. The normalized spacial score (nSPS) is 13.6. The van der Waals surface area contributed by atoms with Gasteiger partial charge in [0.05, 0.1) is 0 Å². The van der Waals surface area contributed by atoms with Crippen molar-refractivity contribution in [3.8, 4) is 0 Å². The molecular formula is C28H37Cl3SiTi. The van der Waals surface area contributed by atoms with E-state index in [2.05, 4.69) is 98.4 Å². The molecule has 0 nitrogen and oxygen atoms in total. The molecule has 0 saturated carbocycles. The predicted molar refractivity (Wildman–Crippen MR) is 131 cm³/mol. The molecule has 0 aromatic heterocycles. The third-order valence-electron chi connectivity index (χ3n) is 7.31. The van der Waals surface area contributed by atoms with E-state index in [1.807, 2.05) is 0 Å². The van der Waals surface area contributed by atoms with E-state index in [4.69, 9.17) is 0 Å². The third-order valence-corrected chi connectivity index (χ3v) is 12.5. The molecule has 2 aromatic carbocycles. The van der Waals surface area contributed by atoms with Crippen LogP contribution in [0.5, 0.6) is 0 Å². The van der Waals surface area contributed by atoms with Crippen molar-refractivity contribution in [1.29, 1.82) is 0 Å². The van der Waals surface area contributed by atoms with Crippen molar-refractivity contribution in [2.75, 3.05) is 0 Å². The minimum absolute atomic E-state index is 0. The van der Waals surface area contributed by atoms with Crippen molar-refractivity contribution >= 4 is 14.0 Å². The molecule has 0 heterocycles. The van der Waals surface area contributed by atoms with Gasteiger partial charge in [-0.05, 0) is 0 Å². The Balaban J connectivity index is 0.00000341. The van der Waals surface area contributed by atoms with Gasteiger partial charge >= 0.3 is 199 Å². The van der Waals surface area contributed by atoms with Crippen LogP contribution in [0, 0.1) is 34.6 Å². The van der Waals surface area contributed by atoms with Crippen molar-refractivity contribution in [3.05, 3.63) is 84.4 Å². The minimum Gasteiger partial charge on any atom is -1.00 e. The summed E-state index contributed by atoms with van der Waals surface area (Å²) < 4.78 is 1.64. The maximum atomic E-state index is 2.54. The Labute approximate surface area is 234 Å². The van der Waals surface area contributed by atoms with Crippen molar-refractivity contribution in [1.82, 2.24) is 0 Å². The number of hydrogen-bond donors (Lipinski definition) is 0. The molecule has 0 N–H and O–H groups in total. The minimum atomic E-state index is -1.28. The molecule has 1 atom stereocenters. The van der Waals surface area contributed by atoms with E-state index in [0.29, 0.717) is 0 Å². The van der Waals surface area contributed by atoms with Gasteiger partial charge in [0.25, 0.3) is 0 Å². The van der Waals surface area contributed by atoms with E-state index < -0.39 is 8.80 Å². The van der Waals surface area contributed by atoms with Gasteiger partial charge < -0.3 is 37.2 Å². The van der Waals surface area contributed by atoms with E-state index in [9.17, 15) is 0 Å². The average Bonchev–Trinajstić information content (AvgIpc) is 3.10. The van der Waals surface area contributed by atoms with Crippen molar-refractivity contribution < 1.29 is 57.7 Å². The first kappa shape index (κ1) is 32.7. The molecule has 1 aliphatic rings. The number of hydrogen-bond acceptors (Lipinski definition) is 0. The third kappa shape index (κ3) is 7.36. The van der Waals surface area contributed by atoms with Gasteiger partial charge in [0.2, 0.25) is 0 Å². The molecule has 0 amide bonds. The quantitative estimate of drug-likeness (QED) is 0.256. The second-order valence-corrected chi connectivity index (χ2v) is 12.9. The zero-order valence-electron chi connectivity index (χ0n) is 20.9. The summed E-state index contributed by atoms with van der Waals surface area (Å²) in [4.78, 5) is 0. The number of rotatable bonds is 8. The largest absolute Gasteiger partial charge is 1.00 e. The zero-order chi connectivity index (χ0) is 21.8. The fourth-order valence-electron chi connectivity index (χ4n) is 5.14. The Morgan fingerprint density at radius 1 is 0.788 bits per heavy atom. The molecule has 0 aliphatic heterocycles. The number of allylic oxidation sites excluding steroid dienone is 4. The molecule has 1 unspecified atom stereocenters. The van der Waals surface area contributed by atoms with Crippen LogP contribution in [0.2, 0.25) is 6.04 Å². The van der Waals surface area contributed by atoms with E-state index in [1.165, 1.54) is 47.6 Å². The average molecular weight is 556 g/mol. The monoisotopic (exact) mass is 554 g/mol. The second-order valence-electron chi connectivity index (χ2n) is 9.08. The van der Waals surface area contributed by atoms with Gasteiger partial charge in [-0.2, -0.15) is 0 Å². The van der Waals surface area contributed by atoms with Crippen LogP contribution in [0.25, 0.3) is 0 Å². The van der Waals surface area contributed by atoms with Gasteiger partial charge in [0, 0.05) is 0 Å². The van der Waals surface area contributed by atoms with Gasteiger partial charge in [-0.1, -0.05) is 0 Å². The fraction of sp³-hybridized carbons (Fsp3) is 0.429. The van der Waals surface area contributed by atoms with E-state index in [1.54, 1.807) is 31.0 Å². The van der Waals surface area contributed by atoms with Crippen molar-refractivity contribution in [2.24, 2.45) is 0 Å². The number of benzene rings is 2. The standard InChI is InChI=1S/C28H37Si.3ClH.Ti/c1-7-8-12-18-29(28-23(5)21(3)20(2)22(4)24(28)6)27-17-13-16-26(27)19-25-14-10-9-11-15-25;;;;/h9-11,14-16,29H,7-8,12-13,18-19H2,1-6H3;3*1H;/q;;;;+3/p-3. The molecule has 3 rings (SSSR count). The molecule has 0 fully saturated rings. The Hall–Kier alpha value is -0.279. The van der Waals surface area contributed by atoms with E-state index in [-0.39, 0.29) is 37.2 Å². The van der Waals surface area contributed by atoms with Crippen molar-refractivity contribution in [3.63, 3.8) is 0 Å². The van der Waals surface area contributed by atoms with Crippen LogP contribution in [-0.2, 0) is 26.9 Å². The molecule has 0 radical (unpaired) electrons. The molecular weight excluding hydrogens is 519 g/mol. The topological polar surface area (TPSA) is 0 Å². The number of halogens is 3. The maximum Gasteiger partial charge on any atom is -1.00 e. The summed E-state index contributed by atoms with van der Waals surface area (Å²) in [7, 11) is -1.28. The summed E-state index contributed by atoms with van der Waals surface area (Å²) in [5, 5.41) is 3.53. The SMILES string of the molecule is CCCCC[SiH](C1=[C]([Ti+3])CC=C1Cc1ccccc1)c1c(C)c(C)c(C)c(C)c1C.[Cl-].[Cl-].[Cl-]. The summed E-state index contributed by atoms with van der Waals surface area (Å²) >= 11 is 2.40. The molecule has 5 heteroatoms. The Morgan fingerprint density at radius 3 is 1.88 bits per heavy atom. The van der Waals surface area contributed by atoms with E-state index in [0.717, 1.165) is 12.8 Å². The summed E-state index contributed by atoms with van der Waals surface area (Å²) in [6.45, 7) is 14.1. The molecule has 0 bridgehead atoms. The fourth-order valence-corrected chi connectivity index (χ4v) is 10.6. The van der Waals surface area contributed by atoms with Gasteiger partial charge in [0.1, 0.15) is 0 Å². The molecule has 2 aromatic rings. The molecule has 0 spiro atoms. The summed E-state index contributed by atoms with van der Waals surface area (Å²) in [5.41, 5.74) is 10.8. The molecule has 33 heavy (non-hydrogen) atoms. The first-order valence-electron chi connectivity index (χ1n) is 11.6. The first-order chi connectivity index (χ1) is 14.4. The molecule has 1 aliphatic carbocycles. The van der Waals surface area contributed by atoms with Crippen LogP contribution in [0.15, 0.2) is 51.1 Å². The van der Waals surface area contributed by atoms with Crippen LogP contribution in [0.4, 0.5) is 0 Å². The van der Waals surface area contributed by atoms with Gasteiger partial charge in [-0.15, -0.1) is 0 Å². The summed E-state index contributed by atoms with van der Waals surface area (Å²) in [6.07, 6.45) is 8.80. The van der Waals surface area contributed by atoms with Gasteiger partial charge in [-0.3, -0.25) is 0 Å². The first-order valence-corrected chi connectivity index (χ1v) is 14.4. The van der Waals surface area contributed by atoms with Gasteiger partial charge in [-0.25, -0.2) is 0 Å². The maximum absolute atomic E-state index is 2.54. The molecule has 0 saturated heterocycles. The Morgan fingerprint density at radius 2 is 1.33 bits per heavy atom. The van der Waals surface area contributed by atoms with Crippen LogP contribution >= 0.6 is 0 Å². The molecule has 178 valence electrons. The summed E-state index contributed by atoms with van der Waals surface area (Å²) in [6, 6.07) is 12.5. The zero-order valence-corrected chi connectivity index (χ0v) is 25.9. The smallest absolute Gasteiger partial charge is 1.00 e. The van der Waals surface area contributed by atoms with Gasteiger partial charge in [0.15, 0.2) is 0 Å². The van der Waals surface area contributed by atoms with E-state index >= 15 is 0 Å². The van der Waals surface area contributed by atoms with Crippen LogP contribution in [0.1, 0.15) is 66.0 Å². The van der Waals surface area contributed by atoms with Crippen LogP contribution in [0.3, 0.4) is 0 Å². The number of unbranched alkanes of at least 4 members (excludes halogenated alkanes) is 2. The predicted octanol–water partition coefficient (Wildman–Crippen LogP) is -2.22. The second kappa shape index (κ2) is 15.0. The van der Waals surface area contributed by atoms with Crippen LogP contribution in [-0.4, -0.2) is 8.80 Å².